The van der Waals surface area contributed by atoms with Gasteiger partial charge in [0.25, 0.3) is 11.1 Å². The summed E-state index contributed by atoms with van der Waals surface area (Å²) in [5.74, 6) is -1.42. The van der Waals surface area contributed by atoms with Gasteiger partial charge in [-0.2, -0.15) is 0 Å². The summed E-state index contributed by atoms with van der Waals surface area (Å²) in [5.41, 5.74) is 0.823. The van der Waals surface area contributed by atoms with Crippen molar-refractivity contribution in [3.05, 3.63) is 56.9 Å². The molecule has 0 aromatic heterocycles. The number of nitrogens with one attached hydrogen (secondary N) is 1. The van der Waals surface area contributed by atoms with E-state index in [4.69, 9.17) is 32.7 Å². The van der Waals surface area contributed by atoms with Gasteiger partial charge < -0.3 is 19.5 Å². The highest BCUT2D eigenvalue weighted by atomic mass is 35.5. The van der Waals surface area contributed by atoms with E-state index in [0.717, 1.165) is 4.90 Å². The van der Waals surface area contributed by atoms with Gasteiger partial charge in [0.2, 0.25) is 5.91 Å². The number of carbonyl (C=O) groups excluding carboxylic acids is 4. The van der Waals surface area contributed by atoms with Crippen molar-refractivity contribution in [2.75, 3.05) is 32.2 Å². The molecule has 184 valence electrons. The molecule has 2 aromatic carbocycles. The van der Waals surface area contributed by atoms with Crippen LogP contribution in [0.5, 0.6) is 11.5 Å². The molecule has 1 N–H and O–H groups in total. The second-order valence-corrected chi connectivity index (χ2v) is 8.73. The Balaban J connectivity index is 1.77. The van der Waals surface area contributed by atoms with E-state index in [9.17, 15) is 19.2 Å². The number of carbonyl (C=O) groups is 4. The molecule has 3 amide bonds. The van der Waals surface area contributed by atoms with Crippen molar-refractivity contribution < 1.29 is 33.4 Å². The third kappa shape index (κ3) is 6.68. The van der Waals surface area contributed by atoms with Gasteiger partial charge in [-0.05, 0) is 54.6 Å². The Labute approximate surface area is 215 Å². The van der Waals surface area contributed by atoms with Crippen LogP contribution in [0.25, 0.3) is 6.08 Å². The summed E-state index contributed by atoms with van der Waals surface area (Å²) in [6.07, 6.45) is 1.45. The lowest BCUT2D eigenvalue weighted by Gasteiger charge is -2.14. The molecule has 0 saturated carbocycles. The lowest BCUT2D eigenvalue weighted by Crippen LogP contribution is -2.36. The molecule has 2 aromatic rings. The van der Waals surface area contributed by atoms with Gasteiger partial charge in [-0.15, -0.1) is 0 Å². The molecule has 0 aliphatic carbocycles. The largest absolute Gasteiger partial charge is 0.490 e. The van der Waals surface area contributed by atoms with Crippen molar-refractivity contribution >= 4 is 69.8 Å². The van der Waals surface area contributed by atoms with Crippen LogP contribution in [-0.2, 0) is 19.1 Å². The summed E-state index contributed by atoms with van der Waals surface area (Å²) >= 11 is 13.0. The number of methoxy groups -OCH3 is 1. The molecule has 3 rings (SSSR count). The first-order valence-corrected chi connectivity index (χ1v) is 11.8. The van der Waals surface area contributed by atoms with E-state index in [0.29, 0.717) is 28.0 Å². The van der Waals surface area contributed by atoms with Crippen LogP contribution in [-0.4, -0.2) is 54.8 Å². The third-order valence-corrected chi connectivity index (χ3v) is 6.03. The van der Waals surface area contributed by atoms with Crippen molar-refractivity contribution in [2.45, 2.75) is 6.92 Å². The van der Waals surface area contributed by atoms with E-state index in [-0.39, 0.29) is 34.6 Å². The number of para-hydroxylation sites is 1. The number of nitrogens with zero attached hydrogens (tertiary/aromatic N) is 1. The Bertz CT molecular complexity index is 1200. The summed E-state index contributed by atoms with van der Waals surface area (Å²) in [6, 6.07) is 9.66. The summed E-state index contributed by atoms with van der Waals surface area (Å²) in [7, 11) is 1.23. The van der Waals surface area contributed by atoms with Gasteiger partial charge >= 0.3 is 5.97 Å². The molecule has 12 heteroatoms. The Kier molecular flexibility index (Phi) is 9.02. The van der Waals surface area contributed by atoms with Gasteiger partial charge in [-0.3, -0.25) is 19.3 Å². The quantitative estimate of drug-likeness (QED) is 0.363. The van der Waals surface area contributed by atoms with Crippen molar-refractivity contribution in [1.82, 2.24) is 4.90 Å². The number of ether oxygens (including phenoxy) is 3. The molecule has 1 aliphatic heterocycles. The predicted octanol–water partition coefficient (Wildman–Crippen LogP) is 4.62. The SMILES string of the molecule is CCOc1cc(/C=C2/SC(=O)N(CC(=O)Nc3ccccc3Cl)C2=O)cc(Cl)c1OCC(=O)OC. The first-order valence-electron chi connectivity index (χ1n) is 10.2. The smallest absolute Gasteiger partial charge is 0.343 e. The number of imide groups is 1. The first-order chi connectivity index (χ1) is 16.7. The van der Waals surface area contributed by atoms with E-state index < -0.39 is 29.6 Å². The Morgan fingerprint density at radius 3 is 2.54 bits per heavy atom. The number of rotatable bonds is 9. The maximum atomic E-state index is 12.8. The molecule has 0 unspecified atom stereocenters. The van der Waals surface area contributed by atoms with Gasteiger partial charge in [-0.1, -0.05) is 35.3 Å². The average Bonchev–Trinajstić information content (AvgIpc) is 3.07. The van der Waals surface area contributed by atoms with Gasteiger partial charge in [0.05, 0.1) is 34.4 Å². The van der Waals surface area contributed by atoms with Crippen LogP contribution in [0.3, 0.4) is 0 Å². The molecule has 0 spiro atoms. The maximum absolute atomic E-state index is 12.8. The predicted molar refractivity (Wildman–Crippen MR) is 133 cm³/mol. The molecule has 1 saturated heterocycles. The zero-order valence-electron chi connectivity index (χ0n) is 18.6. The van der Waals surface area contributed by atoms with Gasteiger partial charge in [-0.25, -0.2) is 4.79 Å². The number of hydrogen-bond donors (Lipinski definition) is 1. The van der Waals surface area contributed by atoms with E-state index in [2.05, 4.69) is 10.1 Å². The van der Waals surface area contributed by atoms with Crippen molar-refractivity contribution in [1.29, 1.82) is 0 Å². The fourth-order valence-corrected chi connectivity index (χ4v) is 4.24. The number of amides is 3. The Morgan fingerprint density at radius 2 is 1.86 bits per heavy atom. The number of benzene rings is 2. The van der Waals surface area contributed by atoms with Crippen LogP contribution >= 0.6 is 35.0 Å². The zero-order valence-corrected chi connectivity index (χ0v) is 21.0. The molecular formula is C23H20Cl2N2O7S. The molecule has 1 heterocycles. The lowest BCUT2D eigenvalue weighted by atomic mass is 10.1. The van der Waals surface area contributed by atoms with E-state index in [1.807, 2.05) is 0 Å². The summed E-state index contributed by atoms with van der Waals surface area (Å²) in [6.45, 7) is 1.19. The molecule has 0 radical (unpaired) electrons. The number of halogens is 2. The molecule has 0 atom stereocenters. The highest BCUT2D eigenvalue weighted by Gasteiger charge is 2.36. The lowest BCUT2D eigenvalue weighted by molar-refractivity contribution is -0.143. The fourth-order valence-electron chi connectivity index (χ4n) is 2.95. The van der Waals surface area contributed by atoms with E-state index in [1.54, 1.807) is 37.3 Å². The van der Waals surface area contributed by atoms with Crippen LogP contribution in [0, 0.1) is 0 Å². The molecular weight excluding hydrogens is 519 g/mol. The zero-order chi connectivity index (χ0) is 25.5. The monoisotopic (exact) mass is 538 g/mol. The van der Waals surface area contributed by atoms with Crippen LogP contribution in [0.2, 0.25) is 10.0 Å². The van der Waals surface area contributed by atoms with E-state index in [1.165, 1.54) is 19.3 Å². The first kappa shape index (κ1) is 26.4. The summed E-state index contributed by atoms with van der Waals surface area (Å²) in [5, 5.41) is 2.44. The molecule has 0 bridgehead atoms. The topological polar surface area (TPSA) is 111 Å². The van der Waals surface area contributed by atoms with Crippen molar-refractivity contribution in [3.8, 4) is 11.5 Å². The third-order valence-electron chi connectivity index (χ3n) is 4.51. The summed E-state index contributed by atoms with van der Waals surface area (Å²) < 4.78 is 15.5. The van der Waals surface area contributed by atoms with Gasteiger partial charge in [0, 0.05) is 0 Å². The Hall–Kier alpha value is -3.21. The van der Waals surface area contributed by atoms with Crippen LogP contribution in [0.1, 0.15) is 12.5 Å². The molecule has 1 aliphatic rings. The van der Waals surface area contributed by atoms with Gasteiger partial charge in [0.15, 0.2) is 18.1 Å². The molecule has 1 fully saturated rings. The van der Waals surface area contributed by atoms with Crippen molar-refractivity contribution in [2.24, 2.45) is 0 Å². The van der Waals surface area contributed by atoms with Crippen LogP contribution in [0.4, 0.5) is 10.5 Å². The minimum atomic E-state index is -0.630. The second kappa shape index (κ2) is 12.0. The second-order valence-electron chi connectivity index (χ2n) is 6.92. The standard InChI is InChI=1S/C23H20Cl2N2O7S/c1-3-33-17-9-13(8-15(25)21(17)34-12-20(29)32-2)10-18-22(30)27(23(31)35-18)11-19(28)26-16-7-5-4-6-14(16)24/h4-10H,3,11-12H2,1-2H3,(H,26,28)/b18-10+. The molecule has 35 heavy (non-hydrogen) atoms. The molecule has 9 nitrogen and oxygen atoms in total. The number of thioether (sulfide) groups is 1. The minimum absolute atomic E-state index is 0.0993. The van der Waals surface area contributed by atoms with Crippen molar-refractivity contribution in [3.63, 3.8) is 0 Å². The Morgan fingerprint density at radius 1 is 1.11 bits per heavy atom. The maximum Gasteiger partial charge on any atom is 0.343 e. The highest BCUT2D eigenvalue weighted by molar-refractivity contribution is 8.18. The van der Waals surface area contributed by atoms with Crippen LogP contribution in [0.15, 0.2) is 41.3 Å². The van der Waals surface area contributed by atoms with Gasteiger partial charge in [0.1, 0.15) is 6.54 Å². The number of hydrogen-bond acceptors (Lipinski definition) is 8. The average molecular weight is 539 g/mol. The normalized spacial score (nSPS) is 14.3. The fraction of sp³-hybridized carbons (Fsp3) is 0.217. The van der Waals surface area contributed by atoms with E-state index >= 15 is 0 Å². The minimum Gasteiger partial charge on any atom is -0.490 e. The van der Waals surface area contributed by atoms with Crippen LogP contribution < -0.4 is 14.8 Å². The highest BCUT2D eigenvalue weighted by Crippen LogP contribution is 2.39. The number of anilines is 1. The number of esters is 1. The summed E-state index contributed by atoms with van der Waals surface area (Å²) in [4.78, 5) is 50.0.